The maximum Gasteiger partial charge on any atom is 0.253 e. The van der Waals surface area contributed by atoms with Crippen LogP contribution in [0.5, 0.6) is 0 Å². The average Bonchev–Trinajstić information content (AvgIpc) is 2.52. The molecule has 1 amide bonds. The van der Waals surface area contributed by atoms with Crippen LogP contribution in [-0.2, 0) is 16.6 Å². The number of sulfonamides is 1. The van der Waals surface area contributed by atoms with E-state index in [9.17, 15) is 13.2 Å². The predicted molar refractivity (Wildman–Crippen MR) is 97.3 cm³/mol. The van der Waals surface area contributed by atoms with Crippen molar-refractivity contribution in [3.63, 3.8) is 0 Å². The lowest BCUT2D eigenvalue weighted by atomic mass is 10.1. The first-order valence-electron chi connectivity index (χ1n) is 6.94. The Morgan fingerprint density at radius 1 is 1.12 bits per heavy atom. The van der Waals surface area contributed by atoms with Crippen LogP contribution in [0.1, 0.15) is 15.9 Å². The van der Waals surface area contributed by atoms with Crippen molar-refractivity contribution in [2.24, 2.45) is 0 Å². The van der Waals surface area contributed by atoms with Gasteiger partial charge in [-0.1, -0.05) is 35.3 Å². The second-order valence-corrected chi connectivity index (χ2v) is 8.06. The zero-order chi connectivity index (χ0) is 17.9. The van der Waals surface area contributed by atoms with E-state index < -0.39 is 10.0 Å². The minimum atomic E-state index is -3.39. The Bertz CT molecular complexity index is 852. The van der Waals surface area contributed by atoms with Crippen molar-refractivity contribution in [2.45, 2.75) is 6.54 Å². The lowest BCUT2D eigenvalue weighted by molar-refractivity contribution is 0.0951. The molecule has 0 aromatic heterocycles. The molecule has 2 aromatic rings. The van der Waals surface area contributed by atoms with Gasteiger partial charge >= 0.3 is 0 Å². The SMILES string of the molecule is CN(c1ccc(C(=O)NCc2ccc(Cl)cc2)c(Cl)c1)S(C)(=O)=O. The lowest BCUT2D eigenvalue weighted by Crippen LogP contribution is -2.26. The second kappa shape index (κ2) is 7.42. The number of carbonyl (C=O) groups excluding carboxylic acids is 1. The van der Waals surface area contributed by atoms with Gasteiger partial charge in [0.1, 0.15) is 0 Å². The highest BCUT2D eigenvalue weighted by molar-refractivity contribution is 7.92. The third kappa shape index (κ3) is 4.63. The maximum absolute atomic E-state index is 12.2. The van der Waals surface area contributed by atoms with Crippen LogP contribution >= 0.6 is 23.2 Å². The van der Waals surface area contributed by atoms with Crippen LogP contribution in [0.3, 0.4) is 0 Å². The number of carbonyl (C=O) groups is 1. The fourth-order valence-electron chi connectivity index (χ4n) is 1.96. The second-order valence-electron chi connectivity index (χ2n) is 5.20. The van der Waals surface area contributed by atoms with Crippen LogP contribution < -0.4 is 9.62 Å². The summed E-state index contributed by atoms with van der Waals surface area (Å²) in [5.41, 5.74) is 1.56. The molecule has 0 radical (unpaired) electrons. The van der Waals surface area contributed by atoms with Gasteiger partial charge in [0.25, 0.3) is 5.91 Å². The Morgan fingerprint density at radius 3 is 2.29 bits per heavy atom. The molecule has 0 heterocycles. The highest BCUT2D eigenvalue weighted by Gasteiger charge is 2.16. The van der Waals surface area contributed by atoms with Gasteiger partial charge in [0.2, 0.25) is 10.0 Å². The minimum Gasteiger partial charge on any atom is -0.348 e. The summed E-state index contributed by atoms with van der Waals surface area (Å²) in [6.45, 7) is 0.331. The Hall–Kier alpha value is -1.76. The monoisotopic (exact) mass is 386 g/mol. The number of amides is 1. The molecule has 5 nitrogen and oxygen atoms in total. The molecule has 1 N–H and O–H groups in total. The van der Waals surface area contributed by atoms with Crippen molar-refractivity contribution in [3.05, 3.63) is 63.6 Å². The summed E-state index contributed by atoms with van der Waals surface area (Å²) in [5.74, 6) is -0.344. The number of nitrogens with zero attached hydrogens (tertiary/aromatic N) is 1. The van der Waals surface area contributed by atoms with Crippen molar-refractivity contribution in [1.82, 2.24) is 5.32 Å². The molecule has 0 bridgehead atoms. The molecule has 128 valence electrons. The number of hydrogen-bond acceptors (Lipinski definition) is 3. The van der Waals surface area contributed by atoms with E-state index in [0.29, 0.717) is 17.3 Å². The molecule has 0 unspecified atom stereocenters. The van der Waals surface area contributed by atoms with Crippen LogP contribution in [0, 0.1) is 0 Å². The first-order chi connectivity index (χ1) is 11.2. The molecule has 0 saturated carbocycles. The van der Waals surface area contributed by atoms with Gasteiger partial charge in [0, 0.05) is 18.6 Å². The maximum atomic E-state index is 12.2. The zero-order valence-electron chi connectivity index (χ0n) is 13.1. The molecular formula is C16H16Cl2N2O3S. The molecule has 0 spiro atoms. The molecule has 0 aliphatic heterocycles. The van der Waals surface area contributed by atoms with Crippen LogP contribution in [0.4, 0.5) is 5.69 Å². The highest BCUT2D eigenvalue weighted by atomic mass is 35.5. The summed E-state index contributed by atoms with van der Waals surface area (Å²) in [4.78, 5) is 12.2. The van der Waals surface area contributed by atoms with Gasteiger partial charge < -0.3 is 5.32 Å². The Labute approximate surface area is 151 Å². The fourth-order valence-corrected chi connectivity index (χ4v) is 2.84. The van der Waals surface area contributed by atoms with Crippen molar-refractivity contribution < 1.29 is 13.2 Å². The fraction of sp³-hybridized carbons (Fsp3) is 0.188. The normalized spacial score (nSPS) is 11.2. The van der Waals surface area contributed by atoms with Crippen molar-refractivity contribution in [3.8, 4) is 0 Å². The van der Waals surface area contributed by atoms with Crippen molar-refractivity contribution in [1.29, 1.82) is 0 Å². The molecular weight excluding hydrogens is 371 g/mol. The number of nitrogens with one attached hydrogen (secondary N) is 1. The van der Waals surface area contributed by atoms with E-state index in [4.69, 9.17) is 23.2 Å². The molecule has 0 aliphatic carbocycles. The summed E-state index contributed by atoms with van der Waals surface area (Å²) in [6, 6.07) is 11.6. The van der Waals surface area contributed by atoms with Gasteiger partial charge in [-0.2, -0.15) is 0 Å². The molecule has 8 heteroatoms. The van der Waals surface area contributed by atoms with Gasteiger partial charge in [-0.25, -0.2) is 8.42 Å². The molecule has 2 aromatic carbocycles. The Balaban J connectivity index is 2.11. The minimum absolute atomic E-state index is 0.177. The van der Waals surface area contributed by atoms with Gasteiger partial charge in [-0.15, -0.1) is 0 Å². The van der Waals surface area contributed by atoms with Crippen LogP contribution in [0.2, 0.25) is 10.0 Å². The van der Waals surface area contributed by atoms with E-state index in [1.807, 2.05) is 12.1 Å². The average molecular weight is 387 g/mol. The third-order valence-electron chi connectivity index (χ3n) is 3.42. The number of hydrogen-bond donors (Lipinski definition) is 1. The van der Waals surface area contributed by atoms with Gasteiger partial charge in [-0.3, -0.25) is 9.10 Å². The van der Waals surface area contributed by atoms with Crippen molar-refractivity contribution in [2.75, 3.05) is 17.6 Å². The lowest BCUT2D eigenvalue weighted by Gasteiger charge is -2.17. The quantitative estimate of drug-likeness (QED) is 0.856. The van der Waals surface area contributed by atoms with Crippen LogP contribution in [0.15, 0.2) is 42.5 Å². The van der Waals surface area contributed by atoms with Gasteiger partial charge in [-0.05, 0) is 35.9 Å². The zero-order valence-corrected chi connectivity index (χ0v) is 15.4. The topological polar surface area (TPSA) is 66.5 Å². The van der Waals surface area contributed by atoms with E-state index in [0.717, 1.165) is 16.1 Å². The van der Waals surface area contributed by atoms with E-state index in [1.54, 1.807) is 12.1 Å². The predicted octanol–water partition coefficient (Wildman–Crippen LogP) is 3.32. The van der Waals surface area contributed by atoms with E-state index in [-0.39, 0.29) is 16.5 Å². The third-order valence-corrected chi connectivity index (χ3v) is 5.20. The molecule has 0 atom stereocenters. The number of benzene rings is 2. The smallest absolute Gasteiger partial charge is 0.253 e. The number of halogens is 2. The molecule has 2 rings (SSSR count). The Morgan fingerprint density at radius 2 is 1.75 bits per heavy atom. The van der Waals surface area contributed by atoms with Gasteiger partial charge in [0.05, 0.1) is 22.5 Å². The van der Waals surface area contributed by atoms with Gasteiger partial charge in [0.15, 0.2) is 0 Å². The van der Waals surface area contributed by atoms with E-state index in [1.165, 1.54) is 25.2 Å². The summed E-state index contributed by atoms with van der Waals surface area (Å²) in [5, 5.41) is 3.56. The summed E-state index contributed by atoms with van der Waals surface area (Å²) in [6.07, 6.45) is 1.09. The molecule has 0 aliphatic rings. The van der Waals surface area contributed by atoms with Crippen LogP contribution in [0.25, 0.3) is 0 Å². The van der Waals surface area contributed by atoms with Crippen LogP contribution in [-0.4, -0.2) is 27.6 Å². The first kappa shape index (κ1) is 18.6. The summed E-state index contributed by atoms with van der Waals surface area (Å²) in [7, 11) is -1.97. The Kier molecular flexibility index (Phi) is 5.74. The van der Waals surface area contributed by atoms with E-state index in [2.05, 4.69) is 5.32 Å². The number of rotatable bonds is 5. The summed E-state index contributed by atoms with van der Waals surface area (Å²) < 4.78 is 24.2. The molecule has 24 heavy (non-hydrogen) atoms. The van der Waals surface area contributed by atoms with E-state index >= 15 is 0 Å². The molecule has 0 fully saturated rings. The molecule has 0 saturated heterocycles. The first-order valence-corrected chi connectivity index (χ1v) is 9.55. The highest BCUT2D eigenvalue weighted by Crippen LogP contribution is 2.24. The summed E-state index contributed by atoms with van der Waals surface area (Å²) >= 11 is 11.9. The van der Waals surface area contributed by atoms with Crippen molar-refractivity contribution >= 4 is 44.8 Å². The largest absolute Gasteiger partial charge is 0.348 e. The number of anilines is 1. The standard InChI is InChI=1S/C16H16Cl2N2O3S/c1-20(24(2,22)23)13-7-8-14(15(18)9-13)16(21)19-10-11-3-5-12(17)6-4-11/h3-9H,10H2,1-2H3,(H,19,21).